The van der Waals surface area contributed by atoms with E-state index < -0.39 is 46.7 Å². The van der Waals surface area contributed by atoms with Gasteiger partial charge in [-0.3, -0.25) is 14.4 Å². The number of hydrogen-bond acceptors (Lipinski definition) is 7. The molecule has 140 valence electrons. The van der Waals surface area contributed by atoms with Gasteiger partial charge < -0.3 is 19.7 Å². The summed E-state index contributed by atoms with van der Waals surface area (Å²) in [5, 5.41) is 0. The van der Waals surface area contributed by atoms with Gasteiger partial charge in [-0.2, -0.15) is 4.79 Å². The average Bonchev–Trinajstić information content (AvgIpc) is 2.47. The van der Waals surface area contributed by atoms with Crippen LogP contribution in [-0.4, -0.2) is 54.0 Å². The fourth-order valence-electron chi connectivity index (χ4n) is 1.33. The van der Waals surface area contributed by atoms with Crippen LogP contribution in [0.1, 0.15) is 41.5 Å². The minimum Gasteiger partial charge on any atom is -0.466 e. The molecule has 0 spiro atoms. The molecule has 0 bridgehead atoms. The molecular weight excluding hydrogens is 332 g/mol. The number of carbonyl (C=O) groups is 4. The van der Waals surface area contributed by atoms with Crippen molar-refractivity contribution in [2.24, 2.45) is 10.8 Å². The highest BCUT2D eigenvalue weighted by atomic mass is 16.6. The monoisotopic (exact) mass is 356 g/mol. The maximum atomic E-state index is 12.1. The summed E-state index contributed by atoms with van der Waals surface area (Å²) >= 11 is 0. The lowest BCUT2D eigenvalue weighted by Crippen LogP contribution is -2.49. The molecular formula is C16H24N2O7. The number of methoxy groups -OCH3 is 1. The number of ketones is 1. The van der Waals surface area contributed by atoms with Gasteiger partial charge in [0.05, 0.1) is 17.9 Å². The van der Waals surface area contributed by atoms with Crippen molar-refractivity contribution in [1.82, 2.24) is 0 Å². The fraction of sp³-hybridized carbons (Fsp3) is 0.688. The van der Waals surface area contributed by atoms with Gasteiger partial charge in [-0.05, 0) is 41.5 Å². The smallest absolute Gasteiger partial charge is 0.351 e. The molecule has 0 amide bonds. The van der Waals surface area contributed by atoms with E-state index in [1.807, 2.05) is 0 Å². The second-order valence-corrected chi connectivity index (χ2v) is 7.32. The summed E-state index contributed by atoms with van der Waals surface area (Å²) in [6.07, 6.45) is -3.24. The third-order valence-electron chi connectivity index (χ3n) is 2.87. The lowest BCUT2D eigenvalue weighted by molar-refractivity contribution is -0.188. The molecule has 25 heavy (non-hydrogen) atoms. The molecule has 0 radical (unpaired) electrons. The first-order valence-corrected chi connectivity index (χ1v) is 7.47. The van der Waals surface area contributed by atoms with Crippen molar-refractivity contribution in [2.75, 3.05) is 7.11 Å². The Hall–Kier alpha value is -2.54. The Morgan fingerprint density at radius 2 is 1.28 bits per heavy atom. The molecule has 2 atom stereocenters. The molecule has 0 saturated heterocycles. The molecule has 0 aliphatic carbocycles. The van der Waals surface area contributed by atoms with E-state index in [4.69, 9.17) is 15.0 Å². The third-order valence-corrected chi connectivity index (χ3v) is 2.87. The SMILES string of the molecule is COC(=O)[C@H](OC(=O)C(C)(C)C)[C@@H](OC(=O)C(C)(C)C)C(=O)C=[N+]=[N-]. The van der Waals surface area contributed by atoms with Gasteiger partial charge in [0.2, 0.25) is 12.2 Å². The van der Waals surface area contributed by atoms with E-state index >= 15 is 0 Å². The molecule has 0 aromatic rings. The zero-order valence-electron chi connectivity index (χ0n) is 15.5. The lowest BCUT2D eigenvalue weighted by atomic mass is 9.96. The van der Waals surface area contributed by atoms with Gasteiger partial charge in [-0.15, -0.1) is 0 Å². The molecule has 0 rings (SSSR count). The molecule has 0 saturated carbocycles. The largest absolute Gasteiger partial charge is 0.466 e. The second kappa shape index (κ2) is 8.53. The maximum absolute atomic E-state index is 12.1. The van der Waals surface area contributed by atoms with E-state index in [1.165, 1.54) is 41.5 Å². The van der Waals surface area contributed by atoms with Crippen LogP contribution in [-0.2, 0) is 33.4 Å². The van der Waals surface area contributed by atoms with Crippen LogP contribution >= 0.6 is 0 Å². The number of ether oxygens (including phenoxy) is 3. The fourth-order valence-corrected chi connectivity index (χ4v) is 1.33. The predicted molar refractivity (Wildman–Crippen MR) is 85.4 cm³/mol. The molecule has 0 aromatic carbocycles. The van der Waals surface area contributed by atoms with Crippen molar-refractivity contribution in [1.29, 1.82) is 0 Å². The highest BCUT2D eigenvalue weighted by Gasteiger charge is 2.44. The number of nitrogens with zero attached hydrogens (tertiary/aromatic N) is 2. The number of carbonyl (C=O) groups excluding carboxylic acids is 4. The number of hydrogen-bond donors (Lipinski definition) is 0. The van der Waals surface area contributed by atoms with Gasteiger partial charge >= 0.3 is 24.1 Å². The Morgan fingerprint density at radius 1 is 0.880 bits per heavy atom. The second-order valence-electron chi connectivity index (χ2n) is 7.32. The summed E-state index contributed by atoms with van der Waals surface area (Å²) in [6.45, 7) is 9.21. The van der Waals surface area contributed by atoms with Crippen molar-refractivity contribution in [2.45, 2.75) is 53.8 Å². The van der Waals surface area contributed by atoms with E-state index in [2.05, 4.69) is 9.53 Å². The van der Waals surface area contributed by atoms with E-state index in [-0.39, 0.29) is 0 Å². The highest BCUT2D eigenvalue weighted by Crippen LogP contribution is 2.22. The third kappa shape index (κ3) is 6.84. The van der Waals surface area contributed by atoms with Crippen LogP contribution < -0.4 is 0 Å². The summed E-state index contributed by atoms with van der Waals surface area (Å²) < 4.78 is 14.7. The molecule has 0 aromatic heterocycles. The first-order chi connectivity index (χ1) is 11.3. The molecule has 0 unspecified atom stereocenters. The van der Waals surface area contributed by atoms with Gasteiger partial charge in [0.25, 0.3) is 5.78 Å². The molecule has 9 nitrogen and oxygen atoms in total. The predicted octanol–water partition coefficient (Wildman–Crippen LogP) is 0.945. The van der Waals surface area contributed by atoms with Crippen molar-refractivity contribution < 1.29 is 38.2 Å². The Balaban J connectivity index is 5.87. The Bertz CT molecular complexity index is 593. The summed E-state index contributed by atoms with van der Waals surface area (Å²) in [5.41, 5.74) is 6.57. The standard InChI is InChI=1S/C16H24N2O7/c1-15(2,3)13(21)24-10(9(19)8-18-17)11(12(20)23-7)25-14(22)16(4,5)6/h8,10-11H,1-7H3/t10-,11+/m0/s1. The van der Waals surface area contributed by atoms with Crippen LogP contribution in [0.15, 0.2) is 0 Å². The topological polar surface area (TPSA) is 132 Å². The highest BCUT2D eigenvalue weighted by molar-refractivity contribution is 6.28. The quantitative estimate of drug-likeness (QED) is 0.227. The van der Waals surface area contributed by atoms with Crippen molar-refractivity contribution in [3.63, 3.8) is 0 Å². The van der Waals surface area contributed by atoms with Gasteiger partial charge in [0.15, 0.2) is 0 Å². The van der Waals surface area contributed by atoms with E-state index in [9.17, 15) is 19.2 Å². The van der Waals surface area contributed by atoms with Crippen LogP contribution in [0.25, 0.3) is 5.53 Å². The maximum Gasteiger partial charge on any atom is 0.351 e. The van der Waals surface area contributed by atoms with Crippen LogP contribution in [0.5, 0.6) is 0 Å². The number of esters is 3. The Labute approximate surface area is 146 Å². The van der Waals surface area contributed by atoms with E-state index in [0.717, 1.165) is 7.11 Å². The summed E-state index contributed by atoms with van der Waals surface area (Å²) in [7, 11) is 1.02. The molecule has 0 N–H and O–H groups in total. The van der Waals surface area contributed by atoms with Gasteiger partial charge in [-0.1, -0.05) is 0 Å². The van der Waals surface area contributed by atoms with Gasteiger partial charge in [0.1, 0.15) is 0 Å². The molecule has 9 heteroatoms. The molecule has 0 fully saturated rings. The first kappa shape index (κ1) is 22.5. The average molecular weight is 356 g/mol. The Kier molecular flexibility index (Phi) is 7.66. The minimum atomic E-state index is -1.85. The zero-order chi connectivity index (χ0) is 20.0. The molecule has 0 aliphatic heterocycles. The summed E-state index contributed by atoms with van der Waals surface area (Å²) in [6, 6.07) is 0. The van der Waals surface area contributed by atoms with Crippen LogP contribution in [0.2, 0.25) is 0 Å². The zero-order valence-corrected chi connectivity index (χ0v) is 15.5. The molecule has 0 aliphatic rings. The number of Topliss-reactive ketones (excluding diaryl/α,β-unsaturated/α-hetero) is 1. The van der Waals surface area contributed by atoms with Crippen molar-refractivity contribution in [3.05, 3.63) is 5.53 Å². The summed E-state index contributed by atoms with van der Waals surface area (Å²) in [4.78, 5) is 50.9. The van der Waals surface area contributed by atoms with Crippen molar-refractivity contribution in [3.8, 4) is 0 Å². The van der Waals surface area contributed by atoms with Crippen LogP contribution in [0, 0.1) is 10.8 Å². The van der Waals surface area contributed by atoms with Crippen LogP contribution in [0.3, 0.4) is 0 Å². The van der Waals surface area contributed by atoms with Gasteiger partial charge in [0, 0.05) is 0 Å². The van der Waals surface area contributed by atoms with E-state index in [0.29, 0.717) is 6.21 Å². The minimum absolute atomic E-state index is 0.446. The number of rotatable bonds is 6. The lowest BCUT2D eigenvalue weighted by Gasteiger charge is -2.27. The van der Waals surface area contributed by atoms with Crippen molar-refractivity contribution >= 4 is 29.9 Å². The van der Waals surface area contributed by atoms with E-state index in [1.54, 1.807) is 0 Å². The van der Waals surface area contributed by atoms with Crippen LogP contribution in [0.4, 0.5) is 0 Å². The first-order valence-electron chi connectivity index (χ1n) is 7.47. The van der Waals surface area contributed by atoms with Gasteiger partial charge in [-0.25, -0.2) is 4.79 Å². The normalized spacial score (nSPS) is 13.7. The summed E-state index contributed by atoms with van der Waals surface area (Å²) in [5.74, 6) is -3.77. The Morgan fingerprint density at radius 3 is 1.60 bits per heavy atom. The molecule has 0 heterocycles.